The zero-order valence-electron chi connectivity index (χ0n) is 15.0. The van der Waals surface area contributed by atoms with Crippen LogP contribution in [0.3, 0.4) is 0 Å². The third-order valence-electron chi connectivity index (χ3n) is 3.99. The Kier molecular flexibility index (Phi) is 6.52. The van der Waals surface area contributed by atoms with E-state index in [0.717, 1.165) is 5.56 Å². The quantitative estimate of drug-likeness (QED) is 0.771. The number of amides is 2. The van der Waals surface area contributed by atoms with Crippen LogP contribution in [-0.4, -0.2) is 24.1 Å². The predicted molar refractivity (Wildman–Crippen MR) is 104 cm³/mol. The number of anilines is 2. The molecule has 5 nitrogen and oxygen atoms in total. The van der Waals surface area contributed by atoms with Gasteiger partial charge in [-0.2, -0.15) is 0 Å². The summed E-state index contributed by atoms with van der Waals surface area (Å²) in [4.78, 5) is 37.0. The van der Waals surface area contributed by atoms with Crippen LogP contribution in [0.15, 0.2) is 42.5 Å². The van der Waals surface area contributed by atoms with Gasteiger partial charge in [0, 0.05) is 41.9 Å². The van der Waals surface area contributed by atoms with Crippen molar-refractivity contribution in [3.63, 3.8) is 0 Å². The molecular weight excluding hydrogens is 352 g/mol. The van der Waals surface area contributed by atoms with Gasteiger partial charge in [-0.3, -0.25) is 14.4 Å². The molecule has 0 heterocycles. The zero-order chi connectivity index (χ0) is 19.3. The van der Waals surface area contributed by atoms with Gasteiger partial charge in [-0.1, -0.05) is 11.6 Å². The number of carbonyl (C=O) groups is 3. The molecule has 0 spiro atoms. The van der Waals surface area contributed by atoms with E-state index in [9.17, 15) is 14.4 Å². The fourth-order valence-corrected chi connectivity index (χ4v) is 2.76. The molecular formula is C20H21ClN2O3. The highest BCUT2D eigenvalue weighted by molar-refractivity contribution is 6.30. The van der Waals surface area contributed by atoms with Crippen LogP contribution in [0.1, 0.15) is 36.2 Å². The summed E-state index contributed by atoms with van der Waals surface area (Å²) >= 11 is 5.91. The molecule has 136 valence electrons. The summed E-state index contributed by atoms with van der Waals surface area (Å²) in [5.74, 6) is -0.401. The smallest absolute Gasteiger partial charge is 0.226 e. The molecule has 0 atom stereocenters. The Hall–Kier alpha value is -2.66. The third-order valence-corrected chi connectivity index (χ3v) is 4.23. The van der Waals surface area contributed by atoms with Crippen LogP contribution in [0.2, 0.25) is 5.02 Å². The molecule has 0 fully saturated rings. The first-order valence-corrected chi connectivity index (χ1v) is 8.61. The molecule has 2 aromatic rings. The van der Waals surface area contributed by atoms with Gasteiger partial charge in [-0.15, -0.1) is 0 Å². The van der Waals surface area contributed by atoms with Crippen molar-refractivity contribution in [1.29, 1.82) is 0 Å². The zero-order valence-corrected chi connectivity index (χ0v) is 15.8. The molecule has 0 aromatic heterocycles. The number of benzene rings is 2. The molecule has 6 heteroatoms. The summed E-state index contributed by atoms with van der Waals surface area (Å²) in [7, 11) is 0. The highest BCUT2D eigenvalue weighted by Crippen LogP contribution is 2.20. The van der Waals surface area contributed by atoms with E-state index in [4.69, 9.17) is 11.6 Å². The standard InChI is InChI=1S/C20H21ClN2O3/c1-13-12-17(21)6-9-19(13)22-20(26)10-11-23(15(3)25)18-7-4-16(5-8-18)14(2)24/h4-9,12H,10-11H2,1-3H3,(H,22,26). The van der Waals surface area contributed by atoms with Crippen molar-refractivity contribution in [3.8, 4) is 0 Å². The average molecular weight is 373 g/mol. The van der Waals surface area contributed by atoms with Gasteiger partial charge in [-0.05, 0) is 61.9 Å². The third kappa shape index (κ3) is 5.17. The van der Waals surface area contributed by atoms with E-state index in [-0.39, 0.29) is 30.6 Å². The minimum atomic E-state index is -0.193. The number of aryl methyl sites for hydroxylation is 1. The molecule has 26 heavy (non-hydrogen) atoms. The fourth-order valence-electron chi connectivity index (χ4n) is 2.54. The van der Waals surface area contributed by atoms with Crippen molar-refractivity contribution in [2.45, 2.75) is 27.2 Å². The van der Waals surface area contributed by atoms with Crippen molar-refractivity contribution in [2.24, 2.45) is 0 Å². The Morgan fingerprint density at radius 1 is 1.04 bits per heavy atom. The fraction of sp³-hybridized carbons (Fsp3) is 0.250. The second kappa shape index (κ2) is 8.63. The second-order valence-corrected chi connectivity index (χ2v) is 6.47. The number of halogens is 1. The van der Waals surface area contributed by atoms with Gasteiger partial charge in [0.25, 0.3) is 0 Å². The molecule has 0 aliphatic rings. The minimum Gasteiger partial charge on any atom is -0.326 e. The van der Waals surface area contributed by atoms with Crippen molar-refractivity contribution in [3.05, 3.63) is 58.6 Å². The van der Waals surface area contributed by atoms with Crippen molar-refractivity contribution in [1.82, 2.24) is 0 Å². The highest BCUT2D eigenvalue weighted by Gasteiger charge is 2.14. The maximum absolute atomic E-state index is 12.2. The predicted octanol–water partition coefficient (Wildman–Crippen LogP) is 4.23. The SMILES string of the molecule is CC(=O)c1ccc(N(CCC(=O)Nc2ccc(Cl)cc2C)C(C)=O)cc1. The first-order chi connectivity index (χ1) is 12.3. The Labute approximate surface area is 158 Å². The Morgan fingerprint density at radius 2 is 1.69 bits per heavy atom. The summed E-state index contributed by atoms with van der Waals surface area (Å²) < 4.78 is 0. The lowest BCUT2D eigenvalue weighted by Crippen LogP contribution is -2.32. The molecule has 0 aliphatic heterocycles. The van der Waals surface area contributed by atoms with Gasteiger partial charge in [0.2, 0.25) is 11.8 Å². The van der Waals surface area contributed by atoms with E-state index in [1.165, 1.54) is 18.7 Å². The summed E-state index contributed by atoms with van der Waals surface area (Å²) in [5, 5.41) is 3.44. The van der Waals surface area contributed by atoms with E-state index in [2.05, 4.69) is 5.32 Å². The van der Waals surface area contributed by atoms with Gasteiger partial charge in [0.1, 0.15) is 0 Å². The maximum atomic E-state index is 12.2. The molecule has 2 rings (SSSR count). The number of hydrogen-bond donors (Lipinski definition) is 1. The summed E-state index contributed by atoms with van der Waals surface area (Å²) in [6.07, 6.45) is 0.149. The maximum Gasteiger partial charge on any atom is 0.226 e. The lowest BCUT2D eigenvalue weighted by atomic mass is 10.1. The largest absolute Gasteiger partial charge is 0.326 e. The van der Waals surface area contributed by atoms with Crippen LogP contribution in [0.25, 0.3) is 0 Å². The second-order valence-electron chi connectivity index (χ2n) is 6.03. The topological polar surface area (TPSA) is 66.5 Å². The van der Waals surface area contributed by atoms with Gasteiger partial charge >= 0.3 is 0 Å². The van der Waals surface area contributed by atoms with Gasteiger partial charge in [0.05, 0.1) is 0 Å². The highest BCUT2D eigenvalue weighted by atomic mass is 35.5. The molecule has 0 saturated carbocycles. The molecule has 2 aromatic carbocycles. The molecule has 0 radical (unpaired) electrons. The summed E-state index contributed by atoms with van der Waals surface area (Å²) in [6.45, 7) is 5.04. The molecule has 2 amide bonds. The average Bonchev–Trinajstić information content (AvgIpc) is 2.57. The van der Waals surface area contributed by atoms with Crippen LogP contribution in [-0.2, 0) is 9.59 Å². The number of carbonyl (C=O) groups excluding carboxylic acids is 3. The Balaban J connectivity index is 2.02. The first-order valence-electron chi connectivity index (χ1n) is 8.23. The molecule has 0 saturated heterocycles. The minimum absolute atomic E-state index is 0.0383. The number of rotatable bonds is 6. The first kappa shape index (κ1) is 19.7. The van der Waals surface area contributed by atoms with Gasteiger partial charge in [0.15, 0.2) is 5.78 Å². The number of Topliss-reactive ketones (excluding diaryl/α,β-unsaturated/α-hetero) is 1. The lowest BCUT2D eigenvalue weighted by Gasteiger charge is -2.21. The van der Waals surface area contributed by atoms with E-state index < -0.39 is 0 Å². The van der Waals surface area contributed by atoms with Crippen LogP contribution in [0, 0.1) is 6.92 Å². The number of nitrogens with zero attached hydrogens (tertiary/aromatic N) is 1. The van der Waals surface area contributed by atoms with Gasteiger partial charge < -0.3 is 10.2 Å². The van der Waals surface area contributed by atoms with E-state index in [1.54, 1.807) is 42.5 Å². The van der Waals surface area contributed by atoms with Crippen molar-refractivity contribution < 1.29 is 14.4 Å². The van der Waals surface area contributed by atoms with E-state index in [0.29, 0.717) is 22.0 Å². The lowest BCUT2D eigenvalue weighted by molar-refractivity contribution is -0.117. The molecule has 0 bridgehead atoms. The van der Waals surface area contributed by atoms with Crippen molar-refractivity contribution >= 4 is 40.6 Å². The normalized spacial score (nSPS) is 10.3. The van der Waals surface area contributed by atoms with Crippen LogP contribution in [0.4, 0.5) is 11.4 Å². The van der Waals surface area contributed by atoms with Crippen LogP contribution in [0.5, 0.6) is 0 Å². The summed E-state index contributed by atoms with van der Waals surface area (Å²) in [6, 6.07) is 12.0. The Bertz CT molecular complexity index is 831. The van der Waals surface area contributed by atoms with Crippen LogP contribution >= 0.6 is 11.6 Å². The number of hydrogen-bond acceptors (Lipinski definition) is 3. The number of nitrogens with one attached hydrogen (secondary N) is 1. The Morgan fingerprint density at radius 3 is 2.23 bits per heavy atom. The summed E-state index contributed by atoms with van der Waals surface area (Å²) in [5.41, 5.74) is 2.79. The molecule has 0 aliphatic carbocycles. The van der Waals surface area contributed by atoms with Crippen LogP contribution < -0.4 is 10.2 Å². The van der Waals surface area contributed by atoms with E-state index in [1.807, 2.05) is 6.92 Å². The molecule has 0 unspecified atom stereocenters. The molecule has 1 N–H and O–H groups in total. The van der Waals surface area contributed by atoms with Gasteiger partial charge in [-0.25, -0.2) is 0 Å². The van der Waals surface area contributed by atoms with Crippen molar-refractivity contribution in [2.75, 3.05) is 16.8 Å². The number of ketones is 1. The monoisotopic (exact) mass is 372 g/mol. The van der Waals surface area contributed by atoms with E-state index >= 15 is 0 Å².